The average molecular weight is 321 g/mol. The van der Waals surface area contributed by atoms with Crippen molar-refractivity contribution in [3.63, 3.8) is 0 Å². The quantitative estimate of drug-likeness (QED) is 0.899. The number of hydrogen-bond donors (Lipinski definition) is 1. The smallest absolute Gasteiger partial charge is 0.306 e. The van der Waals surface area contributed by atoms with E-state index in [1.807, 2.05) is 0 Å². The number of amides is 1. The van der Waals surface area contributed by atoms with Crippen molar-refractivity contribution in [2.24, 2.45) is 0 Å². The standard InChI is InChI=1S/C16H19NO6/c18-15(19)9-12-10-17(4-7-21-12)16(20)11-2-3-13-14(8-11)23-6-1-5-22-13/h2-3,8,12H,1,4-7,9-10H2,(H,18,19). The summed E-state index contributed by atoms with van der Waals surface area (Å²) in [7, 11) is 0. The fraction of sp³-hybridized carbons (Fsp3) is 0.500. The largest absolute Gasteiger partial charge is 0.490 e. The van der Waals surface area contributed by atoms with Crippen LogP contribution in [0.5, 0.6) is 11.5 Å². The van der Waals surface area contributed by atoms with Gasteiger partial charge >= 0.3 is 5.97 Å². The number of nitrogens with zero attached hydrogens (tertiary/aromatic N) is 1. The number of ether oxygens (including phenoxy) is 3. The fourth-order valence-corrected chi connectivity index (χ4v) is 2.70. The third-order valence-electron chi connectivity index (χ3n) is 3.82. The summed E-state index contributed by atoms with van der Waals surface area (Å²) in [6.07, 6.45) is 0.231. The van der Waals surface area contributed by atoms with Gasteiger partial charge in [-0.05, 0) is 18.2 Å². The third kappa shape index (κ3) is 3.73. The summed E-state index contributed by atoms with van der Waals surface area (Å²) in [6, 6.07) is 5.13. The molecule has 7 nitrogen and oxygen atoms in total. The maximum Gasteiger partial charge on any atom is 0.306 e. The first-order valence-corrected chi connectivity index (χ1v) is 7.66. The van der Waals surface area contributed by atoms with Gasteiger partial charge in [0.15, 0.2) is 11.5 Å². The summed E-state index contributed by atoms with van der Waals surface area (Å²) in [5.41, 5.74) is 0.505. The van der Waals surface area contributed by atoms with Gasteiger partial charge in [0, 0.05) is 25.1 Å². The zero-order valence-corrected chi connectivity index (χ0v) is 12.7. The van der Waals surface area contributed by atoms with E-state index in [9.17, 15) is 9.59 Å². The van der Waals surface area contributed by atoms with Crippen LogP contribution in [0.3, 0.4) is 0 Å². The second-order valence-electron chi connectivity index (χ2n) is 5.55. The van der Waals surface area contributed by atoms with Gasteiger partial charge in [0.1, 0.15) is 0 Å². The van der Waals surface area contributed by atoms with Crippen molar-refractivity contribution in [3.05, 3.63) is 23.8 Å². The van der Waals surface area contributed by atoms with E-state index in [4.69, 9.17) is 19.3 Å². The van der Waals surface area contributed by atoms with Crippen molar-refractivity contribution in [1.82, 2.24) is 4.90 Å². The number of aliphatic carboxylic acids is 1. The number of carbonyl (C=O) groups is 2. The molecule has 1 aromatic rings. The summed E-state index contributed by atoms with van der Waals surface area (Å²) < 4.78 is 16.5. The highest BCUT2D eigenvalue weighted by atomic mass is 16.5. The van der Waals surface area contributed by atoms with E-state index in [1.54, 1.807) is 23.1 Å². The second kappa shape index (κ2) is 6.87. The molecule has 0 spiro atoms. The number of carboxylic acids is 1. The molecule has 1 unspecified atom stereocenters. The molecule has 1 saturated heterocycles. The van der Waals surface area contributed by atoms with Gasteiger partial charge in [-0.2, -0.15) is 0 Å². The highest BCUT2D eigenvalue weighted by Gasteiger charge is 2.27. The van der Waals surface area contributed by atoms with Gasteiger partial charge in [0.25, 0.3) is 5.91 Å². The molecule has 0 aliphatic carbocycles. The van der Waals surface area contributed by atoms with Crippen molar-refractivity contribution in [2.75, 3.05) is 32.9 Å². The minimum Gasteiger partial charge on any atom is -0.490 e. The zero-order valence-electron chi connectivity index (χ0n) is 12.7. The SMILES string of the molecule is O=C(O)CC1CN(C(=O)c2ccc3c(c2)OCCCO3)CCO1. The summed E-state index contributed by atoms with van der Waals surface area (Å²) in [4.78, 5) is 25.0. The highest BCUT2D eigenvalue weighted by molar-refractivity contribution is 5.95. The molecule has 1 amide bonds. The van der Waals surface area contributed by atoms with Crippen molar-refractivity contribution in [3.8, 4) is 11.5 Å². The van der Waals surface area contributed by atoms with Crippen molar-refractivity contribution in [1.29, 1.82) is 0 Å². The molecule has 1 N–H and O–H groups in total. The van der Waals surface area contributed by atoms with Crippen molar-refractivity contribution < 1.29 is 28.9 Å². The van der Waals surface area contributed by atoms with Crippen molar-refractivity contribution >= 4 is 11.9 Å². The molecule has 2 heterocycles. The molecule has 0 bridgehead atoms. The minimum absolute atomic E-state index is 0.106. The molecule has 1 fully saturated rings. The molecule has 124 valence electrons. The fourth-order valence-electron chi connectivity index (χ4n) is 2.70. The van der Waals surface area contributed by atoms with Crippen LogP contribution in [0.2, 0.25) is 0 Å². The molecule has 2 aliphatic heterocycles. The van der Waals surface area contributed by atoms with Crippen molar-refractivity contribution in [2.45, 2.75) is 18.9 Å². The Bertz CT molecular complexity index is 602. The lowest BCUT2D eigenvalue weighted by Gasteiger charge is -2.32. The first-order chi connectivity index (χ1) is 11.1. The van der Waals surface area contributed by atoms with Crippen LogP contribution in [0.25, 0.3) is 0 Å². The van der Waals surface area contributed by atoms with Crippen LogP contribution < -0.4 is 9.47 Å². The Morgan fingerprint density at radius 2 is 1.96 bits per heavy atom. The van der Waals surface area contributed by atoms with Crippen LogP contribution in [-0.4, -0.2) is 60.9 Å². The summed E-state index contributed by atoms with van der Waals surface area (Å²) in [5.74, 6) is 0.132. The molecule has 0 aromatic heterocycles. The maximum atomic E-state index is 12.6. The molecule has 2 aliphatic rings. The van der Waals surface area contributed by atoms with E-state index in [-0.39, 0.29) is 18.9 Å². The zero-order chi connectivity index (χ0) is 16.2. The van der Waals surface area contributed by atoms with Crippen LogP contribution in [0.15, 0.2) is 18.2 Å². The Balaban J connectivity index is 1.72. The summed E-state index contributed by atoms with van der Waals surface area (Å²) in [5, 5.41) is 8.85. The topological polar surface area (TPSA) is 85.3 Å². The van der Waals surface area contributed by atoms with Gasteiger partial charge < -0.3 is 24.2 Å². The van der Waals surface area contributed by atoms with E-state index in [1.165, 1.54) is 0 Å². The van der Waals surface area contributed by atoms with Crippen LogP contribution >= 0.6 is 0 Å². The average Bonchev–Trinajstić information content (AvgIpc) is 2.78. The molecule has 7 heteroatoms. The Kier molecular flexibility index (Phi) is 4.66. The van der Waals surface area contributed by atoms with Crippen LogP contribution in [0.1, 0.15) is 23.2 Å². The highest BCUT2D eigenvalue weighted by Crippen LogP contribution is 2.31. The van der Waals surface area contributed by atoms with Crippen LogP contribution in [0.4, 0.5) is 0 Å². The molecular weight excluding hydrogens is 302 g/mol. The maximum absolute atomic E-state index is 12.6. The Labute approximate surface area is 133 Å². The normalized spacial score (nSPS) is 20.7. The molecular formula is C16H19NO6. The van der Waals surface area contributed by atoms with Crippen LogP contribution in [-0.2, 0) is 9.53 Å². The van der Waals surface area contributed by atoms with Gasteiger partial charge in [-0.15, -0.1) is 0 Å². The lowest BCUT2D eigenvalue weighted by molar-refractivity contribution is -0.141. The number of rotatable bonds is 3. The van der Waals surface area contributed by atoms with E-state index >= 15 is 0 Å². The number of morpholine rings is 1. The number of fused-ring (bicyclic) bond motifs is 1. The number of carbonyl (C=O) groups excluding carboxylic acids is 1. The van der Waals surface area contributed by atoms with Gasteiger partial charge in [0.2, 0.25) is 0 Å². The lowest BCUT2D eigenvalue weighted by atomic mass is 10.1. The molecule has 0 saturated carbocycles. The Hall–Kier alpha value is -2.28. The van der Waals surface area contributed by atoms with Gasteiger partial charge in [-0.1, -0.05) is 0 Å². The predicted octanol–water partition coefficient (Wildman–Crippen LogP) is 1.16. The molecule has 1 aromatic carbocycles. The third-order valence-corrected chi connectivity index (χ3v) is 3.82. The summed E-state index contributed by atoms with van der Waals surface area (Å²) >= 11 is 0. The predicted molar refractivity (Wildman–Crippen MR) is 79.9 cm³/mol. The van der Waals surface area contributed by atoms with E-state index < -0.39 is 12.1 Å². The summed E-state index contributed by atoms with van der Waals surface area (Å²) in [6.45, 7) is 2.22. The lowest BCUT2D eigenvalue weighted by Crippen LogP contribution is -2.46. The first kappa shape index (κ1) is 15.6. The van der Waals surface area contributed by atoms with Crippen LogP contribution in [0, 0.1) is 0 Å². The molecule has 0 radical (unpaired) electrons. The van der Waals surface area contributed by atoms with Gasteiger partial charge in [-0.25, -0.2) is 0 Å². The van der Waals surface area contributed by atoms with Gasteiger partial charge in [-0.3, -0.25) is 9.59 Å². The Morgan fingerprint density at radius 1 is 1.17 bits per heavy atom. The molecule has 3 rings (SSSR count). The first-order valence-electron chi connectivity index (χ1n) is 7.66. The van der Waals surface area contributed by atoms with E-state index in [0.717, 1.165) is 6.42 Å². The minimum atomic E-state index is -0.931. The monoisotopic (exact) mass is 321 g/mol. The number of carboxylic acid groups (broad SMARTS) is 1. The Morgan fingerprint density at radius 3 is 2.74 bits per heavy atom. The second-order valence-corrected chi connectivity index (χ2v) is 5.55. The molecule has 1 atom stereocenters. The molecule has 23 heavy (non-hydrogen) atoms. The van der Waals surface area contributed by atoms with Gasteiger partial charge in [0.05, 0.1) is 32.3 Å². The van der Waals surface area contributed by atoms with E-state index in [0.29, 0.717) is 43.4 Å². The number of hydrogen-bond acceptors (Lipinski definition) is 5. The number of benzene rings is 1. The van der Waals surface area contributed by atoms with E-state index in [2.05, 4.69) is 0 Å².